The third-order valence-corrected chi connectivity index (χ3v) is 5.61. The number of aromatic nitrogens is 3. The summed E-state index contributed by atoms with van der Waals surface area (Å²) in [7, 11) is 0. The van der Waals surface area contributed by atoms with E-state index in [4.69, 9.17) is 17.3 Å². The Bertz CT molecular complexity index is 1310. The van der Waals surface area contributed by atoms with Crippen LogP contribution in [0.1, 0.15) is 38.4 Å². The number of hydrogen-bond acceptors (Lipinski definition) is 6. The zero-order chi connectivity index (χ0) is 26.3. The second-order valence-corrected chi connectivity index (χ2v) is 8.29. The summed E-state index contributed by atoms with van der Waals surface area (Å²) in [5.41, 5.74) is 3.74. The average molecular weight is 531 g/mol. The Morgan fingerprint density at radius 1 is 1.11 bits per heavy atom. The van der Waals surface area contributed by atoms with Crippen molar-refractivity contribution in [3.63, 3.8) is 0 Å². The molecular weight excluding hydrogens is 514 g/mol. The Hall–Kier alpha value is -3.61. The van der Waals surface area contributed by atoms with E-state index in [9.17, 15) is 31.1 Å². The number of nitrogens with two attached hydrogens (primary N) is 1. The lowest BCUT2D eigenvalue weighted by Crippen LogP contribution is -2.38. The first-order valence-corrected chi connectivity index (χ1v) is 10.8. The number of benzene rings is 1. The number of halogens is 7. The van der Waals surface area contributed by atoms with E-state index in [0.29, 0.717) is 11.3 Å². The molecule has 1 aliphatic rings. The molecule has 0 atom stereocenters. The van der Waals surface area contributed by atoms with E-state index in [1.54, 1.807) is 0 Å². The molecule has 36 heavy (non-hydrogen) atoms. The van der Waals surface area contributed by atoms with Crippen molar-refractivity contribution in [3.05, 3.63) is 75.5 Å². The lowest BCUT2D eigenvalue weighted by molar-refractivity contribution is -0.138. The standard InChI is InChI=1S/C22H17ClF6N6O/c23-20-33-16-3-5-35(19(36)17-15(22(27,28)29)2-1-4-31-17)10-14(16)18(34-20)32-9-11-6-12(21(24,25)26)8-13(30)7-11/h1-2,4,6-8H,3,5,9-10,30H2,(H,32,33,34). The number of anilines is 2. The van der Waals surface area contributed by atoms with Crippen molar-refractivity contribution < 1.29 is 31.1 Å². The van der Waals surface area contributed by atoms with E-state index in [-0.39, 0.29) is 48.4 Å². The Morgan fingerprint density at radius 2 is 1.86 bits per heavy atom. The monoisotopic (exact) mass is 530 g/mol. The Morgan fingerprint density at radius 3 is 2.56 bits per heavy atom. The Kier molecular flexibility index (Phi) is 6.69. The summed E-state index contributed by atoms with van der Waals surface area (Å²) in [6, 6.07) is 4.95. The van der Waals surface area contributed by atoms with Gasteiger partial charge in [0.15, 0.2) is 0 Å². The normalized spacial score (nSPS) is 13.9. The number of hydrogen-bond donors (Lipinski definition) is 2. The summed E-state index contributed by atoms with van der Waals surface area (Å²) in [5, 5.41) is 2.74. The summed E-state index contributed by atoms with van der Waals surface area (Å²) in [6.07, 6.45) is -8.11. The maximum absolute atomic E-state index is 13.4. The van der Waals surface area contributed by atoms with E-state index in [1.165, 1.54) is 11.0 Å². The predicted octanol–water partition coefficient (Wildman–Crippen LogP) is 4.96. The molecule has 3 N–H and O–H groups in total. The average Bonchev–Trinajstić information content (AvgIpc) is 2.80. The van der Waals surface area contributed by atoms with Crippen molar-refractivity contribution in [2.24, 2.45) is 0 Å². The molecule has 0 saturated carbocycles. The second-order valence-electron chi connectivity index (χ2n) is 7.96. The third-order valence-electron chi connectivity index (χ3n) is 5.44. The molecule has 0 fully saturated rings. The maximum atomic E-state index is 13.4. The smallest absolute Gasteiger partial charge is 0.399 e. The highest BCUT2D eigenvalue weighted by atomic mass is 35.5. The molecule has 0 radical (unpaired) electrons. The van der Waals surface area contributed by atoms with Gasteiger partial charge in [-0.2, -0.15) is 26.3 Å². The van der Waals surface area contributed by atoms with Crippen LogP contribution in [0, 0.1) is 0 Å². The van der Waals surface area contributed by atoms with Crippen molar-refractivity contribution in [1.29, 1.82) is 0 Å². The van der Waals surface area contributed by atoms with E-state index < -0.39 is 35.1 Å². The van der Waals surface area contributed by atoms with Crippen LogP contribution in [0.2, 0.25) is 5.28 Å². The van der Waals surface area contributed by atoms with Crippen molar-refractivity contribution in [1.82, 2.24) is 19.9 Å². The first-order chi connectivity index (χ1) is 16.8. The van der Waals surface area contributed by atoms with Gasteiger partial charge in [0.1, 0.15) is 11.5 Å². The van der Waals surface area contributed by atoms with Gasteiger partial charge in [0.05, 0.1) is 23.4 Å². The zero-order valence-electron chi connectivity index (χ0n) is 18.2. The van der Waals surface area contributed by atoms with Gasteiger partial charge < -0.3 is 16.0 Å². The minimum Gasteiger partial charge on any atom is -0.399 e. The van der Waals surface area contributed by atoms with Crippen LogP contribution >= 0.6 is 11.6 Å². The predicted molar refractivity (Wildman–Crippen MR) is 118 cm³/mol. The number of fused-ring (bicyclic) bond motifs is 1. The molecule has 1 aliphatic heterocycles. The zero-order valence-corrected chi connectivity index (χ0v) is 19.0. The lowest BCUT2D eigenvalue weighted by atomic mass is 10.0. The van der Waals surface area contributed by atoms with Gasteiger partial charge in [-0.05, 0) is 47.5 Å². The number of pyridine rings is 1. The second kappa shape index (κ2) is 9.45. The van der Waals surface area contributed by atoms with Crippen molar-refractivity contribution in [2.75, 3.05) is 17.6 Å². The van der Waals surface area contributed by atoms with Gasteiger partial charge in [0.2, 0.25) is 5.28 Å². The molecule has 3 aromatic rings. The van der Waals surface area contributed by atoms with E-state index >= 15 is 0 Å². The highest BCUT2D eigenvalue weighted by Crippen LogP contribution is 2.34. The molecule has 190 valence electrons. The highest BCUT2D eigenvalue weighted by molar-refractivity contribution is 6.28. The number of carbonyl (C=O) groups is 1. The first kappa shape index (κ1) is 25.5. The lowest BCUT2D eigenvalue weighted by Gasteiger charge is -2.30. The van der Waals surface area contributed by atoms with E-state index in [1.807, 2.05) is 0 Å². The molecule has 4 rings (SSSR count). The maximum Gasteiger partial charge on any atom is 0.418 e. The van der Waals surface area contributed by atoms with Crippen LogP contribution in [-0.4, -0.2) is 32.3 Å². The number of nitrogens with zero attached hydrogens (tertiary/aromatic N) is 4. The quantitative estimate of drug-likeness (QED) is 0.281. The van der Waals surface area contributed by atoms with E-state index in [2.05, 4.69) is 20.3 Å². The molecule has 0 unspecified atom stereocenters. The van der Waals surface area contributed by atoms with Gasteiger partial charge in [-0.25, -0.2) is 9.97 Å². The van der Waals surface area contributed by atoms with Gasteiger partial charge >= 0.3 is 12.4 Å². The summed E-state index contributed by atoms with van der Waals surface area (Å²) in [4.78, 5) is 26.0. The van der Waals surface area contributed by atoms with Crippen LogP contribution in [0.25, 0.3) is 0 Å². The molecule has 7 nitrogen and oxygen atoms in total. The first-order valence-electron chi connectivity index (χ1n) is 10.4. The number of carbonyl (C=O) groups excluding carboxylic acids is 1. The molecule has 14 heteroatoms. The number of alkyl halides is 6. The van der Waals surface area contributed by atoms with E-state index in [0.717, 1.165) is 30.5 Å². The SMILES string of the molecule is Nc1cc(CNc2nc(Cl)nc3c2CN(C(=O)c2ncccc2C(F)(F)F)CC3)cc(C(F)(F)F)c1. The molecule has 3 heterocycles. The Labute approximate surface area is 205 Å². The van der Waals surface area contributed by atoms with Crippen LogP contribution in [0.15, 0.2) is 36.5 Å². The molecule has 1 aromatic carbocycles. The molecular formula is C22H17ClF6N6O. The third kappa shape index (κ3) is 5.45. The minimum absolute atomic E-state index is 0.0522. The molecule has 2 aromatic heterocycles. The highest BCUT2D eigenvalue weighted by Gasteiger charge is 2.38. The topological polar surface area (TPSA) is 97.0 Å². The molecule has 0 bridgehead atoms. The minimum atomic E-state index is -4.77. The number of amides is 1. The van der Waals surface area contributed by atoms with Crippen LogP contribution < -0.4 is 11.1 Å². The fourth-order valence-corrected chi connectivity index (χ4v) is 4.01. The molecule has 1 amide bonds. The van der Waals surface area contributed by atoms with Crippen molar-refractivity contribution in [3.8, 4) is 0 Å². The summed E-state index contributed by atoms with van der Waals surface area (Å²) < 4.78 is 79.5. The van der Waals surface area contributed by atoms with Gasteiger partial charge in [-0.1, -0.05) is 0 Å². The summed E-state index contributed by atoms with van der Waals surface area (Å²) >= 11 is 5.99. The Balaban J connectivity index is 1.60. The van der Waals surface area contributed by atoms with Crippen LogP contribution in [0.3, 0.4) is 0 Å². The summed E-state index contributed by atoms with van der Waals surface area (Å²) in [6.45, 7) is -0.233. The van der Waals surface area contributed by atoms with Crippen LogP contribution in [-0.2, 0) is 31.9 Å². The van der Waals surface area contributed by atoms with Crippen molar-refractivity contribution in [2.45, 2.75) is 31.9 Å². The number of nitrogens with one attached hydrogen (secondary N) is 1. The molecule has 0 spiro atoms. The van der Waals surface area contributed by atoms with Crippen molar-refractivity contribution >= 4 is 29.0 Å². The summed E-state index contributed by atoms with van der Waals surface area (Å²) in [5.74, 6) is -0.796. The fraction of sp³-hybridized carbons (Fsp3) is 0.273. The number of rotatable bonds is 4. The van der Waals surface area contributed by atoms with Crippen LogP contribution in [0.4, 0.5) is 37.8 Å². The molecule has 0 saturated heterocycles. The fourth-order valence-electron chi connectivity index (χ4n) is 3.83. The molecule has 0 aliphatic carbocycles. The number of nitrogen functional groups attached to an aromatic ring is 1. The van der Waals surface area contributed by atoms with Crippen LogP contribution in [0.5, 0.6) is 0 Å². The van der Waals surface area contributed by atoms with Gasteiger partial charge in [0, 0.05) is 37.0 Å². The van der Waals surface area contributed by atoms with Gasteiger partial charge in [-0.15, -0.1) is 0 Å². The largest absolute Gasteiger partial charge is 0.418 e. The van der Waals surface area contributed by atoms with Gasteiger partial charge in [-0.3, -0.25) is 9.78 Å². The van der Waals surface area contributed by atoms with Gasteiger partial charge in [0.25, 0.3) is 5.91 Å².